The molecule has 4 rings (SSSR count). The van der Waals surface area contributed by atoms with Crippen molar-refractivity contribution >= 4 is 16.9 Å². The molecule has 2 aliphatic rings. The number of carbonyl (C=O) groups is 1. The number of benzene rings is 1. The lowest BCUT2D eigenvalue weighted by Gasteiger charge is -2.14. The minimum atomic E-state index is -0.676. The van der Waals surface area contributed by atoms with E-state index in [1.807, 2.05) is 18.2 Å². The van der Waals surface area contributed by atoms with Crippen LogP contribution >= 0.6 is 0 Å². The summed E-state index contributed by atoms with van der Waals surface area (Å²) in [6.07, 6.45) is 4.58. The standard InChI is InChI=1S/C19H22N2O4/c1-23-19-15-12-20-16-6-5-13(11-14(16)17(15)18(22)25-19)24-10-4-9-21-7-2-3-8-21/h5-6,11-12,19H,2-4,7-10H2,1H3. The highest BCUT2D eigenvalue weighted by Crippen LogP contribution is 2.36. The smallest absolute Gasteiger partial charge is 0.341 e. The van der Waals surface area contributed by atoms with E-state index in [2.05, 4.69) is 9.88 Å². The van der Waals surface area contributed by atoms with Crippen molar-refractivity contribution in [1.82, 2.24) is 9.88 Å². The van der Waals surface area contributed by atoms with Gasteiger partial charge in [0.1, 0.15) is 5.75 Å². The first kappa shape index (κ1) is 16.3. The van der Waals surface area contributed by atoms with Crippen LogP contribution in [-0.2, 0) is 9.47 Å². The summed E-state index contributed by atoms with van der Waals surface area (Å²) in [5.74, 6) is 0.373. The molecule has 2 aromatic rings. The van der Waals surface area contributed by atoms with E-state index in [0.717, 1.165) is 29.6 Å². The van der Waals surface area contributed by atoms with Gasteiger partial charge in [-0.15, -0.1) is 0 Å². The van der Waals surface area contributed by atoms with Crippen molar-refractivity contribution in [3.05, 3.63) is 35.5 Å². The number of likely N-dealkylation sites (tertiary alicyclic amines) is 1. The first-order valence-electron chi connectivity index (χ1n) is 8.78. The molecule has 0 amide bonds. The van der Waals surface area contributed by atoms with Crippen LogP contribution in [-0.4, -0.2) is 49.2 Å². The van der Waals surface area contributed by atoms with Crippen LogP contribution in [0.15, 0.2) is 24.4 Å². The van der Waals surface area contributed by atoms with Crippen LogP contribution in [0.5, 0.6) is 5.75 Å². The zero-order valence-corrected chi connectivity index (χ0v) is 14.4. The number of cyclic esters (lactones) is 1. The maximum absolute atomic E-state index is 12.2. The van der Waals surface area contributed by atoms with Crippen LogP contribution < -0.4 is 4.74 Å². The molecule has 1 fully saturated rings. The molecular weight excluding hydrogens is 320 g/mol. The average molecular weight is 342 g/mol. The fraction of sp³-hybridized carbons (Fsp3) is 0.474. The van der Waals surface area contributed by atoms with Gasteiger partial charge in [0, 0.05) is 25.2 Å². The lowest BCUT2D eigenvalue weighted by atomic mass is 10.0. The lowest BCUT2D eigenvalue weighted by Crippen LogP contribution is -2.21. The van der Waals surface area contributed by atoms with Crippen LogP contribution in [0.2, 0.25) is 0 Å². The van der Waals surface area contributed by atoms with Gasteiger partial charge in [-0.25, -0.2) is 4.79 Å². The highest BCUT2D eigenvalue weighted by atomic mass is 16.7. The minimum Gasteiger partial charge on any atom is -0.494 e. The molecule has 1 aromatic heterocycles. The van der Waals surface area contributed by atoms with Gasteiger partial charge in [-0.1, -0.05) is 0 Å². The average Bonchev–Trinajstić information content (AvgIpc) is 3.26. The monoisotopic (exact) mass is 342 g/mol. The number of nitrogens with zero attached hydrogens (tertiary/aromatic N) is 2. The van der Waals surface area contributed by atoms with Gasteiger partial charge in [0.2, 0.25) is 6.29 Å². The summed E-state index contributed by atoms with van der Waals surface area (Å²) in [6, 6.07) is 5.64. The van der Waals surface area contributed by atoms with Gasteiger partial charge >= 0.3 is 5.97 Å². The number of methoxy groups -OCH3 is 1. The molecule has 1 unspecified atom stereocenters. The fourth-order valence-corrected chi connectivity index (χ4v) is 3.56. The maximum Gasteiger partial charge on any atom is 0.341 e. The van der Waals surface area contributed by atoms with Gasteiger partial charge in [-0.2, -0.15) is 0 Å². The molecule has 132 valence electrons. The Balaban J connectivity index is 1.49. The zero-order valence-electron chi connectivity index (χ0n) is 14.4. The van der Waals surface area contributed by atoms with Gasteiger partial charge in [0.25, 0.3) is 0 Å². The Morgan fingerprint density at radius 3 is 2.96 bits per heavy atom. The predicted octanol–water partition coefficient (Wildman–Crippen LogP) is 2.91. The van der Waals surface area contributed by atoms with Crippen LogP contribution in [0.25, 0.3) is 10.9 Å². The topological polar surface area (TPSA) is 60.9 Å². The molecule has 0 saturated carbocycles. The summed E-state index contributed by atoms with van der Waals surface area (Å²) in [6.45, 7) is 4.15. The van der Waals surface area contributed by atoms with E-state index in [1.54, 1.807) is 6.20 Å². The van der Waals surface area contributed by atoms with E-state index in [9.17, 15) is 4.79 Å². The fourth-order valence-electron chi connectivity index (χ4n) is 3.56. The van der Waals surface area contributed by atoms with E-state index >= 15 is 0 Å². The quantitative estimate of drug-likeness (QED) is 0.594. The third-order valence-corrected chi connectivity index (χ3v) is 4.84. The molecule has 3 heterocycles. The zero-order chi connectivity index (χ0) is 17.2. The van der Waals surface area contributed by atoms with Crippen molar-refractivity contribution in [2.24, 2.45) is 0 Å². The van der Waals surface area contributed by atoms with E-state index in [1.165, 1.54) is 33.0 Å². The Labute approximate surface area is 146 Å². The molecule has 0 aliphatic carbocycles. The van der Waals surface area contributed by atoms with Gasteiger partial charge in [0.05, 0.1) is 23.3 Å². The van der Waals surface area contributed by atoms with Crippen molar-refractivity contribution in [2.75, 3.05) is 33.4 Å². The van der Waals surface area contributed by atoms with Gasteiger partial charge in [-0.3, -0.25) is 4.98 Å². The SMILES string of the molecule is COC1OC(=O)c2c1cnc1ccc(OCCCN3CCCC3)cc21. The Bertz CT molecular complexity index is 786. The van der Waals surface area contributed by atoms with Crippen LogP contribution in [0, 0.1) is 0 Å². The summed E-state index contributed by atoms with van der Waals surface area (Å²) < 4.78 is 16.3. The minimum absolute atomic E-state index is 0.375. The molecule has 1 aromatic carbocycles. The second-order valence-corrected chi connectivity index (χ2v) is 6.49. The number of hydrogen-bond donors (Lipinski definition) is 0. The molecule has 0 spiro atoms. The molecule has 6 nitrogen and oxygen atoms in total. The number of ether oxygens (including phenoxy) is 3. The predicted molar refractivity (Wildman–Crippen MR) is 92.7 cm³/mol. The molecule has 25 heavy (non-hydrogen) atoms. The molecule has 6 heteroatoms. The Kier molecular flexibility index (Phi) is 4.55. The molecule has 0 bridgehead atoms. The highest BCUT2D eigenvalue weighted by Gasteiger charge is 2.33. The Morgan fingerprint density at radius 2 is 2.16 bits per heavy atom. The number of hydrogen-bond acceptors (Lipinski definition) is 6. The lowest BCUT2D eigenvalue weighted by molar-refractivity contribution is -0.0816. The second kappa shape index (κ2) is 6.98. The summed E-state index contributed by atoms with van der Waals surface area (Å²) >= 11 is 0. The van der Waals surface area contributed by atoms with Gasteiger partial charge in [0.15, 0.2) is 0 Å². The third kappa shape index (κ3) is 3.19. The number of rotatable bonds is 6. The van der Waals surface area contributed by atoms with Crippen LogP contribution in [0.1, 0.15) is 41.5 Å². The first-order valence-corrected chi connectivity index (χ1v) is 8.78. The van der Waals surface area contributed by atoms with Crippen molar-refractivity contribution < 1.29 is 19.0 Å². The highest BCUT2D eigenvalue weighted by molar-refractivity contribution is 6.06. The number of pyridine rings is 1. The molecular formula is C19H22N2O4. The first-order chi connectivity index (χ1) is 12.3. The summed E-state index contributed by atoms with van der Waals surface area (Å²) in [7, 11) is 1.51. The summed E-state index contributed by atoms with van der Waals surface area (Å²) in [5.41, 5.74) is 1.95. The van der Waals surface area contributed by atoms with E-state index in [0.29, 0.717) is 17.7 Å². The molecule has 2 aliphatic heterocycles. The van der Waals surface area contributed by atoms with Crippen molar-refractivity contribution in [3.8, 4) is 5.75 Å². The van der Waals surface area contributed by atoms with E-state index < -0.39 is 6.29 Å². The van der Waals surface area contributed by atoms with Gasteiger partial charge < -0.3 is 19.1 Å². The molecule has 1 atom stereocenters. The second-order valence-electron chi connectivity index (χ2n) is 6.49. The number of fused-ring (bicyclic) bond motifs is 3. The number of esters is 1. The Hall–Kier alpha value is -2.18. The third-order valence-electron chi connectivity index (χ3n) is 4.84. The Morgan fingerprint density at radius 1 is 1.32 bits per heavy atom. The van der Waals surface area contributed by atoms with Crippen LogP contribution in [0.3, 0.4) is 0 Å². The molecule has 1 saturated heterocycles. The molecule has 0 radical (unpaired) electrons. The van der Waals surface area contributed by atoms with Crippen molar-refractivity contribution in [3.63, 3.8) is 0 Å². The normalized spacial score (nSPS) is 20.0. The largest absolute Gasteiger partial charge is 0.494 e. The van der Waals surface area contributed by atoms with Crippen molar-refractivity contribution in [1.29, 1.82) is 0 Å². The van der Waals surface area contributed by atoms with Crippen molar-refractivity contribution in [2.45, 2.75) is 25.6 Å². The molecule has 0 N–H and O–H groups in total. The number of carbonyl (C=O) groups excluding carboxylic acids is 1. The van der Waals surface area contributed by atoms with E-state index in [4.69, 9.17) is 14.2 Å². The van der Waals surface area contributed by atoms with Crippen LogP contribution in [0.4, 0.5) is 0 Å². The summed E-state index contributed by atoms with van der Waals surface area (Å²) in [4.78, 5) is 19.1. The maximum atomic E-state index is 12.2. The van der Waals surface area contributed by atoms with E-state index in [-0.39, 0.29) is 5.97 Å². The summed E-state index contributed by atoms with van der Waals surface area (Å²) in [5, 5.41) is 0.749. The number of aromatic nitrogens is 1. The van der Waals surface area contributed by atoms with Gasteiger partial charge in [-0.05, 0) is 50.6 Å².